The maximum absolute atomic E-state index is 5.32. The van der Waals surface area contributed by atoms with E-state index in [0.717, 1.165) is 23.4 Å². The first kappa shape index (κ1) is 13.4. The Balaban J connectivity index is 3.15. The van der Waals surface area contributed by atoms with Crippen molar-refractivity contribution in [3.05, 3.63) is 10.6 Å². The first-order chi connectivity index (χ1) is 7.17. The van der Waals surface area contributed by atoms with Crippen molar-refractivity contribution in [2.45, 2.75) is 59.9 Å². The van der Waals surface area contributed by atoms with Crippen molar-refractivity contribution in [2.24, 2.45) is 5.41 Å². The molecule has 0 aliphatic carbocycles. The molecular weight excluding hydrogens is 218 g/mol. The van der Waals surface area contributed by atoms with Crippen molar-refractivity contribution in [1.29, 1.82) is 0 Å². The summed E-state index contributed by atoms with van der Waals surface area (Å²) < 4.78 is 2.89. The van der Waals surface area contributed by atoms with Crippen molar-refractivity contribution < 1.29 is 0 Å². The van der Waals surface area contributed by atoms with Crippen LogP contribution in [0.1, 0.15) is 53.8 Å². The van der Waals surface area contributed by atoms with Crippen LogP contribution in [0.3, 0.4) is 0 Å². The van der Waals surface area contributed by atoms with Gasteiger partial charge in [-0.15, -0.1) is 0 Å². The van der Waals surface area contributed by atoms with Gasteiger partial charge in [0.15, 0.2) is 4.77 Å². The van der Waals surface area contributed by atoms with Crippen LogP contribution in [0.15, 0.2) is 0 Å². The molecule has 0 saturated heterocycles. The van der Waals surface area contributed by atoms with Crippen molar-refractivity contribution >= 4 is 12.2 Å². The summed E-state index contributed by atoms with van der Waals surface area (Å²) in [4.78, 5) is 0. The monoisotopic (exact) mass is 241 g/mol. The minimum atomic E-state index is 0.00762. The summed E-state index contributed by atoms with van der Waals surface area (Å²) in [6.07, 6.45) is 1.97. The lowest BCUT2D eigenvalue weighted by Crippen LogP contribution is -2.33. The molecule has 0 bridgehead atoms. The van der Waals surface area contributed by atoms with Gasteiger partial charge in [-0.3, -0.25) is 9.67 Å². The third kappa shape index (κ3) is 2.94. The molecule has 1 aromatic rings. The highest BCUT2D eigenvalue weighted by Gasteiger charge is 2.29. The standard InChI is InChI=1S/C12H23N3S/c1-7-9-13-14-10(16)15(9)12(5,6)8-11(2,3)4/h7-8H2,1-6H3,(H,14,16). The quantitative estimate of drug-likeness (QED) is 0.819. The van der Waals surface area contributed by atoms with Gasteiger partial charge in [0.2, 0.25) is 0 Å². The van der Waals surface area contributed by atoms with Gasteiger partial charge >= 0.3 is 0 Å². The Morgan fingerprint density at radius 3 is 2.25 bits per heavy atom. The van der Waals surface area contributed by atoms with E-state index in [1.165, 1.54) is 0 Å². The molecule has 0 radical (unpaired) electrons. The first-order valence-corrected chi connectivity index (χ1v) is 6.25. The third-order valence-corrected chi connectivity index (χ3v) is 2.90. The van der Waals surface area contributed by atoms with E-state index in [1.54, 1.807) is 0 Å². The van der Waals surface area contributed by atoms with Gasteiger partial charge in [-0.2, -0.15) is 5.10 Å². The number of hydrogen-bond donors (Lipinski definition) is 1. The van der Waals surface area contributed by atoms with Gasteiger partial charge in [0, 0.05) is 12.0 Å². The smallest absolute Gasteiger partial charge is 0.195 e. The Morgan fingerprint density at radius 1 is 1.25 bits per heavy atom. The first-order valence-electron chi connectivity index (χ1n) is 5.84. The zero-order valence-electron chi connectivity index (χ0n) is 11.2. The third-order valence-electron chi connectivity index (χ3n) is 2.63. The predicted octanol–water partition coefficient (Wildman–Crippen LogP) is 3.67. The fourth-order valence-electron chi connectivity index (χ4n) is 2.57. The zero-order chi connectivity index (χ0) is 12.6. The highest BCUT2D eigenvalue weighted by Crippen LogP contribution is 2.32. The van der Waals surface area contributed by atoms with Gasteiger partial charge < -0.3 is 0 Å². The summed E-state index contributed by atoms with van der Waals surface area (Å²) in [5.74, 6) is 1.04. The number of nitrogens with zero attached hydrogens (tertiary/aromatic N) is 2. The fourth-order valence-corrected chi connectivity index (χ4v) is 2.97. The second-order valence-electron chi connectivity index (χ2n) is 6.18. The lowest BCUT2D eigenvalue weighted by atomic mass is 9.81. The highest BCUT2D eigenvalue weighted by molar-refractivity contribution is 7.71. The molecule has 0 spiro atoms. The number of H-pyrrole nitrogens is 1. The molecule has 1 heterocycles. The van der Waals surface area contributed by atoms with E-state index in [0.29, 0.717) is 0 Å². The maximum atomic E-state index is 5.32. The Morgan fingerprint density at radius 2 is 1.81 bits per heavy atom. The zero-order valence-corrected chi connectivity index (χ0v) is 12.0. The molecule has 1 N–H and O–H groups in total. The molecule has 0 aliphatic heterocycles. The van der Waals surface area contributed by atoms with E-state index in [2.05, 4.69) is 56.3 Å². The molecule has 92 valence electrons. The van der Waals surface area contributed by atoms with Crippen LogP contribution in [0.2, 0.25) is 0 Å². The number of nitrogens with one attached hydrogen (secondary N) is 1. The van der Waals surface area contributed by atoms with E-state index in [1.807, 2.05) is 0 Å². The SMILES string of the molecule is CCc1n[nH]c(=S)n1C(C)(C)CC(C)(C)C. The normalized spacial score (nSPS) is 13.1. The molecular formula is C12H23N3S. The molecule has 1 aromatic heterocycles. The van der Waals surface area contributed by atoms with Crippen LogP contribution < -0.4 is 0 Å². The van der Waals surface area contributed by atoms with Gasteiger partial charge in [0.25, 0.3) is 0 Å². The molecule has 0 amide bonds. The lowest BCUT2D eigenvalue weighted by molar-refractivity contribution is 0.208. The van der Waals surface area contributed by atoms with E-state index < -0.39 is 0 Å². The molecule has 3 nitrogen and oxygen atoms in total. The van der Waals surface area contributed by atoms with Gasteiger partial charge in [-0.25, -0.2) is 0 Å². The lowest BCUT2D eigenvalue weighted by Gasteiger charge is -2.34. The molecule has 0 atom stereocenters. The summed E-state index contributed by atoms with van der Waals surface area (Å²) in [5, 5.41) is 7.17. The van der Waals surface area contributed by atoms with E-state index in [-0.39, 0.29) is 11.0 Å². The molecule has 16 heavy (non-hydrogen) atoms. The van der Waals surface area contributed by atoms with Gasteiger partial charge in [0.05, 0.1) is 0 Å². The van der Waals surface area contributed by atoms with Crippen molar-refractivity contribution in [3.63, 3.8) is 0 Å². The van der Waals surface area contributed by atoms with Crippen LogP contribution in [0.4, 0.5) is 0 Å². The van der Waals surface area contributed by atoms with Gasteiger partial charge in [-0.05, 0) is 37.9 Å². The maximum Gasteiger partial charge on any atom is 0.195 e. The van der Waals surface area contributed by atoms with Gasteiger partial charge in [0.1, 0.15) is 5.82 Å². The highest BCUT2D eigenvalue weighted by atomic mass is 32.1. The van der Waals surface area contributed by atoms with Crippen molar-refractivity contribution in [2.75, 3.05) is 0 Å². The predicted molar refractivity (Wildman–Crippen MR) is 70.2 cm³/mol. The van der Waals surface area contributed by atoms with E-state index >= 15 is 0 Å². The number of hydrogen-bond acceptors (Lipinski definition) is 2. The summed E-state index contributed by atoms with van der Waals surface area (Å²) in [5.41, 5.74) is 0.286. The molecule has 0 fully saturated rings. The Labute approximate surface area is 103 Å². The largest absolute Gasteiger partial charge is 0.298 e. The van der Waals surface area contributed by atoms with Crippen LogP contribution >= 0.6 is 12.2 Å². The van der Waals surface area contributed by atoms with E-state index in [9.17, 15) is 0 Å². The molecule has 0 unspecified atom stereocenters. The molecule has 0 aliphatic rings. The molecule has 0 aromatic carbocycles. The average molecular weight is 241 g/mol. The molecule has 1 rings (SSSR count). The minimum Gasteiger partial charge on any atom is -0.298 e. The number of rotatable bonds is 3. The van der Waals surface area contributed by atoms with Crippen LogP contribution in [0.25, 0.3) is 0 Å². The number of aryl methyl sites for hydroxylation is 1. The summed E-state index contributed by atoms with van der Waals surface area (Å²) in [7, 11) is 0. The topological polar surface area (TPSA) is 33.6 Å². The van der Waals surface area contributed by atoms with Crippen LogP contribution in [-0.2, 0) is 12.0 Å². The van der Waals surface area contributed by atoms with Crippen LogP contribution in [0, 0.1) is 10.2 Å². The Hall–Kier alpha value is -0.640. The van der Waals surface area contributed by atoms with Crippen molar-refractivity contribution in [1.82, 2.24) is 14.8 Å². The second kappa shape index (κ2) is 4.32. The molecule has 4 heteroatoms. The average Bonchev–Trinajstić information content (AvgIpc) is 2.42. The second-order valence-corrected chi connectivity index (χ2v) is 6.57. The Bertz CT molecular complexity index is 407. The minimum absolute atomic E-state index is 0.00762. The Kier molecular flexibility index (Phi) is 3.62. The number of aromatic nitrogens is 3. The summed E-state index contributed by atoms with van der Waals surface area (Å²) >= 11 is 5.32. The number of aromatic amines is 1. The van der Waals surface area contributed by atoms with Crippen molar-refractivity contribution in [3.8, 4) is 0 Å². The summed E-state index contributed by atoms with van der Waals surface area (Å²) in [6.45, 7) is 13.3. The summed E-state index contributed by atoms with van der Waals surface area (Å²) in [6, 6.07) is 0. The van der Waals surface area contributed by atoms with E-state index in [4.69, 9.17) is 12.2 Å². The van der Waals surface area contributed by atoms with Gasteiger partial charge in [-0.1, -0.05) is 27.7 Å². The van der Waals surface area contributed by atoms with Crippen LogP contribution in [-0.4, -0.2) is 14.8 Å². The van der Waals surface area contributed by atoms with Crippen LogP contribution in [0.5, 0.6) is 0 Å². The fraction of sp³-hybridized carbons (Fsp3) is 0.833. The molecule has 0 saturated carbocycles.